The SMILES string of the molecule is Cc1cc(-c2cncnc2[C@@H]2CCCN(CC(=O)N3CCOCC3)C2)on1. The minimum atomic E-state index is 0.188. The normalized spacial score (nSPS) is 21.4. The number of hydrogen-bond donors (Lipinski definition) is 0. The molecule has 2 fully saturated rings. The molecule has 2 aliphatic heterocycles. The van der Waals surface area contributed by atoms with E-state index in [1.54, 1.807) is 12.5 Å². The van der Waals surface area contributed by atoms with Crippen LogP contribution in [0.3, 0.4) is 0 Å². The molecule has 1 atom stereocenters. The molecule has 27 heavy (non-hydrogen) atoms. The highest BCUT2D eigenvalue weighted by Crippen LogP contribution is 2.32. The summed E-state index contributed by atoms with van der Waals surface area (Å²) in [6.45, 7) is 6.76. The summed E-state index contributed by atoms with van der Waals surface area (Å²) >= 11 is 0. The van der Waals surface area contributed by atoms with Crippen molar-refractivity contribution < 1.29 is 14.1 Å². The van der Waals surface area contributed by atoms with E-state index in [0.717, 1.165) is 42.9 Å². The number of ether oxygens (including phenoxy) is 1. The van der Waals surface area contributed by atoms with Gasteiger partial charge in [-0.05, 0) is 26.3 Å². The molecule has 8 heteroatoms. The minimum Gasteiger partial charge on any atom is -0.378 e. The number of hydrogen-bond acceptors (Lipinski definition) is 7. The van der Waals surface area contributed by atoms with Gasteiger partial charge in [0, 0.05) is 37.8 Å². The molecule has 0 bridgehead atoms. The highest BCUT2D eigenvalue weighted by molar-refractivity contribution is 5.78. The van der Waals surface area contributed by atoms with Gasteiger partial charge >= 0.3 is 0 Å². The Morgan fingerprint density at radius 3 is 2.93 bits per heavy atom. The maximum atomic E-state index is 12.6. The summed E-state index contributed by atoms with van der Waals surface area (Å²) in [4.78, 5) is 25.4. The number of aryl methyl sites for hydroxylation is 1. The predicted octanol–water partition coefficient (Wildman–Crippen LogP) is 1.48. The van der Waals surface area contributed by atoms with Crippen LogP contribution in [-0.4, -0.2) is 76.8 Å². The van der Waals surface area contributed by atoms with Crippen LogP contribution < -0.4 is 0 Å². The number of morpholine rings is 1. The monoisotopic (exact) mass is 371 g/mol. The van der Waals surface area contributed by atoms with Crippen molar-refractivity contribution in [2.24, 2.45) is 0 Å². The minimum absolute atomic E-state index is 0.188. The Bertz CT molecular complexity index is 787. The zero-order chi connectivity index (χ0) is 18.6. The smallest absolute Gasteiger partial charge is 0.236 e. The van der Waals surface area contributed by atoms with Gasteiger partial charge in [-0.25, -0.2) is 9.97 Å². The lowest BCUT2D eigenvalue weighted by Crippen LogP contribution is -2.47. The van der Waals surface area contributed by atoms with Gasteiger partial charge in [0.15, 0.2) is 5.76 Å². The van der Waals surface area contributed by atoms with E-state index in [1.807, 2.05) is 17.9 Å². The highest BCUT2D eigenvalue weighted by Gasteiger charge is 2.28. The molecule has 0 spiro atoms. The van der Waals surface area contributed by atoms with Gasteiger partial charge in [0.05, 0.1) is 36.7 Å². The van der Waals surface area contributed by atoms with E-state index in [9.17, 15) is 4.79 Å². The summed E-state index contributed by atoms with van der Waals surface area (Å²) in [5.74, 6) is 1.14. The average Bonchev–Trinajstić information content (AvgIpc) is 3.15. The number of piperidine rings is 1. The second kappa shape index (κ2) is 8.14. The topological polar surface area (TPSA) is 84.6 Å². The van der Waals surface area contributed by atoms with Gasteiger partial charge in [-0.2, -0.15) is 0 Å². The van der Waals surface area contributed by atoms with Crippen molar-refractivity contribution in [2.75, 3.05) is 45.9 Å². The summed E-state index contributed by atoms with van der Waals surface area (Å²) in [6, 6.07) is 1.91. The van der Waals surface area contributed by atoms with Crippen LogP contribution in [0.15, 0.2) is 23.1 Å². The number of rotatable bonds is 4. The van der Waals surface area contributed by atoms with Crippen molar-refractivity contribution in [3.8, 4) is 11.3 Å². The molecular formula is C19H25N5O3. The first kappa shape index (κ1) is 18.1. The van der Waals surface area contributed by atoms with Crippen molar-refractivity contribution in [2.45, 2.75) is 25.7 Å². The second-order valence-electron chi connectivity index (χ2n) is 7.22. The Morgan fingerprint density at radius 1 is 1.30 bits per heavy atom. The van der Waals surface area contributed by atoms with Gasteiger partial charge < -0.3 is 14.2 Å². The molecule has 0 saturated carbocycles. The number of aromatic nitrogens is 3. The molecule has 0 aromatic carbocycles. The van der Waals surface area contributed by atoms with Gasteiger partial charge in [0.25, 0.3) is 0 Å². The first-order chi connectivity index (χ1) is 13.2. The zero-order valence-electron chi connectivity index (χ0n) is 15.6. The molecule has 4 rings (SSSR count). The number of carbonyl (C=O) groups is 1. The molecule has 2 saturated heterocycles. The molecule has 1 amide bonds. The predicted molar refractivity (Wildman–Crippen MR) is 98.1 cm³/mol. The maximum Gasteiger partial charge on any atom is 0.236 e. The third-order valence-corrected chi connectivity index (χ3v) is 5.25. The van der Waals surface area contributed by atoms with Gasteiger partial charge in [-0.15, -0.1) is 0 Å². The van der Waals surface area contributed by atoms with Gasteiger partial charge in [-0.3, -0.25) is 9.69 Å². The third kappa shape index (κ3) is 4.17. The molecule has 2 aromatic rings. The Labute approximate surface area is 158 Å². The molecule has 0 aliphatic carbocycles. The highest BCUT2D eigenvalue weighted by atomic mass is 16.5. The van der Waals surface area contributed by atoms with Gasteiger partial charge in [0.1, 0.15) is 6.33 Å². The lowest BCUT2D eigenvalue weighted by molar-refractivity contribution is -0.136. The van der Waals surface area contributed by atoms with Crippen LogP contribution >= 0.6 is 0 Å². The molecule has 2 aliphatic rings. The summed E-state index contributed by atoms with van der Waals surface area (Å²) in [5, 5.41) is 3.98. The van der Waals surface area contributed by atoms with Crippen LogP contribution in [0.4, 0.5) is 0 Å². The van der Waals surface area contributed by atoms with Crippen LogP contribution in [-0.2, 0) is 9.53 Å². The van der Waals surface area contributed by atoms with Crippen LogP contribution in [0.1, 0.15) is 30.1 Å². The Kier molecular flexibility index (Phi) is 5.45. The molecular weight excluding hydrogens is 346 g/mol. The van der Waals surface area contributed by atoms with E-state index in [2.05, 4.69) is 20.0 Å². The van der Waals surface area contributed by atoms with Crippen LogP contribution in [0.25, 0.3) is 11.3 Å². The first-order valence-electron chi connectivity index (χ1n) is 9.52. The number of carbonyl (C=O) groups excluding carboxylic acids is 1. The summed E-state index contributed by atoms with van der Waals surface area (Å²) in [7, 11) is 0. The lowest BCUT2D eigenvalue weighted by atomic mass is 9.91. The van der Waals surface area contributed by atoms with E-state index in [-0.39, 0.29) is 11.8 Å². The molecule has 0 unspecified atom stereocenters. The quantitative estimate of drug-likeness (QED) is 0.805. The fourth-order valence-corrected chi connectivity index (χ4v) is 3.87. The second-order valence-corrected chi connectivity index (χ2v) is 7.22. The zero-order valence-corrected chi connectivity index (χ0v) is 15.6. The Hall–Kier alpha value is -2.32. The lowest BCUT2D eigenvalue weighted by Gasteiger charge is -2.34. The molecule has 144 valence electrons. The molecule has 0 radical (unpaired) electrons. The van der Waals surface area contributed by atoms with E-state index in [1.165, 1.54) is 0 Å². The maximum absolute atomic E-state index is 12.6. The fourth-order valence-electron chi connectivity index (χ4n) is 3.87. The number of likely N-dealkylation sites (tertiary alicyclic amines) is 1. The molecule has 2 aromatic heterocycles. The van der Waals surface area contributed by atoms with E-state index >= 15 is 0 Å². The van der Waals surface area contributed by atoms with Gasteiger partial charge in [-0.1, -0.05) is 5.16 Å². The fraction of sp³-hybridized carbons (Fsp3) is 0.579. The summed E-state index contributed by atoms with van der Waals surface area (Å²) < 4.78 is 10.8. The van der Waals surface area contributed by atoms with E-state index < -0.39 is 0 Å². The molecule has 4 heterocycles. The van der Waals surface area contributed by atoms with E-state index in [0.29, 0.717) is 38.6 Å². The van der Waals surface area contributed by atoms with Crippen LogP contribution in [0.5, 0.6) is 0 Å². The van der Waals surface area contributed by atoms with Gasteiger partial charge in [0.2, 0.25) is 5.91 Å². The first-order valence-corrected chi connectivity index (χ1v) is 9.52. The van der Waals surface area contributed by atoms with Crippen molar-refractivity contribution in [1.82, 2.24) is 24.9 Å². The van der Waals surface area contributed by atoms with Crippen molar-refractivity contribution in [3.63, 3.8) is 0 Å². The summed E-state index contributed by atoms with van der Waals surface area (Å²) in [5.41, 5.74) is 2.70. The van der Waals surface area contributed by atoms with Crippen LogP contribution in [0, 0.1) is 6.92 Å². The van der Waals surface area contributed by atoms with Crippen molar-refractivity contribution >= 4 is 5.91 Å². The largest absolute Gasteiger partial charge is 0.378 e. The average molecular weight is 371 g/mol. The Morgan fingerprint density at radius 2 is 2.15 bits per heavy atom. The number of amides is 1. The van der Waals surface area contributed by atoms with Crippen molar-refractivity contribution in [3.05, 3.63) is 30.0 Å². The standard InChI is InChI=1S/C19H25N5O3/c1-14-9-17(27-22-14)16-10-20-13-21-19(16)15-3-2-4-23(11-15)12-18(25)24-5-7-26-8-6-24/h9-10,13,15H,2-8,11-12H2,1H3/t15-/m1/s1. The third-order valence-electron chi connectivity index (χ3n) is 5.25. The summed E-state index contributed by atoms with van der Waals surface area (Å²) in [6.07, 6.45) is 5.46. The van der Waals surface area contributed by atoms with Crippen LogP contribution in [0.2, 0.25) is 0 Å². The van der Waals surface area contributed by atoms with E-state index in [4.69, 9.17) is 9.26 Å². The Balaban J connectivity index is 1.46. The van der Waals surface area contributed by atoms with Crippen molar-refractivity contribution in [1.29, 1.82) is 0 Å². The molecule has 8 nitrogen and oxygen atoms in total. The number of nitrogens with zero attached hydrogens (tertiary/aromatic N) is 5. The molecule has 0 N–H and O–H groups in total.